The van der Waals surface area contributed by atoms with E-state index in [9.17, 15) is 0 Å². The molecule has 3 heteroatoms. The molecule has 0 amide bonds. The second-order valence-corrected chi connectivity index (χ2v) is 4.04. The van der Waals surface area contributed by atoms with Crippen LogP contribution in [0.5, 0.6) is 0 Å². The normalized spacial score (nSPS) is 29.6. The summed E-state index contributed by atoms with van der Waals surface area (Å²) < 4.78 is 0. The SMILES string of the molecule is Cl.N[C@H]1CC[Se]C1. The summed E-state index contributed by atoms with van der Waals surface area (Å²) in [4.78, 5) is 0. The third kappa shape index (κ3) is 2.55. The van der Waals surface area contributed by atoms with Crippen LogP contribution in [-0.2, 0) is 0 Å². The Bertz CT molecular complexity index is 45.0. The fraction of sp³-hybridized carbons (Fsp3) is 1.00. The Hall–Kier alpha value is 0.769. The molecule has 0 aliphatic carbocycles. The van der Waals surface area contributed by atoms with E-state index in [2.05, 4.69) is 0 Å². The summed E-state index contributed by atoms with van der Waals surface area (Å²) in [7, 11) is 0. The van der Waals surface area contributed by atoms with Crippen LogP contribution < -0.4 is 5.73 Å². The zero-order chi connectivity index (χ0) is 4.41. The molecule has 0 aromatic rings. The Balaban J connectivity index is 0.000000360. The van der Waals surface area contributed by atoms with E-state index in [0.717, 1.165) is 15.0 Å². The molecule has 0 bridgehead atoms. The van der Waals surface area contributed by atoms with Crippen molar-refractivity contribution in [3.63, 3.8) is 0 Å². The van der Waals surface area contributed by atoms with Crippen molar-refractivity contribution >= 4 is 27.4 Å². The molecule has 1 atom stereocenters. The molecular formula is C4H10ClNSe. The summed E-state index contributed by atoms with van der Waals surface area (Å²) in [6.45, 7) is 0. The third-order valence-electron chi connectivity index (χ3n) is 0.965. The molecule has 7 heavy (non-hydrogen) atoms. The van der Waals surface area contributed by atoms with E-state index in [4.69, 9.17) is 5.73 Å². The first-order chi connectivity index (χ1) is 2.89. The number of nitrogens with two attached hydrogens (primary N) is 1. The standard InChI is InChI=1S/C4H9NSe.ClH/c5-4-1-2-6-3-4;/h4H,1-3,5H2;1H/t4-;/m0./s1. The molecule has 0 spiro atoms. The monoisotopic (exact) mass is 187 g/mol. The van der Waals surface area contributed by atoms with Gasteiger partial charge in [0.05, 0.1) is 0 Å². The van der Waals surface area contributed by atoms with E-state index < -0.39 is 0 Å². The molecule has 1 nitrogen and oxygen atoms in total. The molecule has 0 saturated carbocycles. The molecule has 1 heterocycles. The Morgan fingerprint density at radius 1 is 1.57 bits per heavy atom. The summed E-state index contributed by atoms with van der Waals surface area (Å²) in [5.41, 5.74) is 5.55. The molecule has 1 rings (SSSR count). The van der Waals surface area contributed by atoms with Crippen LogP contribution in [-0.4, -0.2) is 21.0 Å². The van der Waals surface area contributed by atoms with Crippen LogP contribution in [0, 0.1) is 0 Å². The molecule has 0 aromatic heterocycles. The molecule has 1 fully saturated rings. The van der Waals surface area contributed by atoms with Gasteiger partial charge in [-0.1, -0.05) is 0 Å². The van der Waals surface area contributed by atoms with E-state index in [-0.39, 0.29) is 12.4 Å². The van der Waals surface area contributed by atoms with Crippen LogP contribution in [0.2, 0.25) is 10.6 Å². The van der Waals surface area contributed by atoms with Gasteiger partial charge in [0, 0.05) is 0 Å². The fourth-order valence-electron chi connectivity index (χ4n) is 0.553. The first-order valence-corrected chi connectivity index (χ1v) is 4.65. The van der Waals surface area contributed by atoms with E-state index in [1.807, 2.05) is 0 Å². The van der Waals surface area contributed by atoms with Gasteiger partial charge < -0.3 is 0 Å². The van der Waals surface area contributed by atoms with Crippen molar-refractivity contribution in [2.24, 2.45) is 5.73 Å². The van der Waals surface area contributed by atoms with Crippen LogP contribution in [0.1, 0.15) is 6.42 Å². The number of hydrogen-bond acceptors (Lipinski definition) is 1. The van der Waals surface area contributed by atoms with Gasteiger partial charge in [0.2, 0.25) is 0 Å². The van der Waals surface area contributed by atoms with Crippen molar-refractivity contribution < 1.29 is 0 Å². The molecule has 44 valence electrons. The Morgan fingerprint density at radius 2 is 2.29 bits per heavy atom. The maximum absolute atomic E-state index is 5.55. The molecule has 1 aliphatic rings. The van der Waals surface area contributed by atoms with Crippen LogP contribution >= 0.6 is 12.4 Å². The van der Waals surface area contributed by atoms with Crippen LogP contribution in [0.3, 0.4) is 0 Å². The molecular weight excluding hydrogens is 176 g/mol. The van der Waals surface area contributed by atoms with Gasteiger partial charge in [0.25, 0.3) is 0 Å². The van der Waals surface area contributed by atoms with Crippen molar-refractivity contribution in [1.82, 2.24) is 0 Å². The summed E-state index contributed by atoms with van der Waals surface area (Å²) in [6, 6.07) is 0.574. The molecule has 2 N–H and O–H groups in total. The quantitative estimate of drug-likeness (QED) is 0.554. The van der Waals surface area contributed by atoms with Crippen LogP contribution in [0.25, 0.3) is 0 Å². The summed E-state index contributed by atoms with van der Waals surface area (Å²) in [5.74, 6) is 0. The van der Waals surface area contributed by atoms with Crippen molar-refractivity contribution in [2.45, 2.75) is 23.1 Å². The first-order valence-electron chi connectivity index (χ1n) is 2.23. The van der Waals surface area contributed by atoms with Gasteiger partial charge >= 0.3 is 43.8 Å². The van der Waals surface area contributed by atoms with Crippen molar-refractivity contribution in [3.8, 4) is 0 Å². The summed E-state index contributed by atoms with van der Waals surface area (Å²) in [6.07, 6.45) is 1.29. The van der Waals surface area contributed by atoms with Crippen molar-refractivity contribution in [2.75, 3.05) is 0 Å². The van der Waals surface area contributed by atoms with Gasteiger partial charge in [-0.25, -0.2) is 0 Å². The van der Waals surface area contributed by atoms with Crippen molar-refractivity contribution in [1.29, 1.82) is 0 Å². The average Bonchev–Trinajstić information content (AvgIpc) is 1.86. The Morgan fingerprint density at radius 3 is 2.43 bits per heavy atom. The van der Waals surface area contributed by atoms with E-state index in [0.29, 0.717) is 6.04 Å². The van der Waals surface area contributed by atoms with Gasteiger partial charge in [0.15, 0.2) is 0 Å². The predicted molar refractivity (Wildman–Crippen MR) is 35.2 cm³/mol. The molecule has 0 aromatic carbocycles. The molecule has 0 unspecified atom stereocenters. The van der Waals surface area contributed by atoms with E-state index >= 15 is 0 Å². The first kappa shape index (κ1) is 7.77. The van der Waals surface area contributed by atoms with Gasteiger partial charge in [-0.3, -0.25) is 0 Å². The fourth-order valence-corrected chi connectivity index (χ4v) is 2.87. The molecule has 1 saturated heterocycles. The minimum atomic E-state index is 0. The number of hydrogen-bond donors (Lipinski definition) is 1. The van der Waals surface area contributed by atoms with Gasteiger partial charge in [-0.05, 0) is 0 Å². The zero-order valence-corrected chi connectivity index (χ0v) is 6.62. The molecule has 1 aliphatic heterocycles. The average molecular weight is 187 g/mol. The second-order valence-electron chi connectivity index (χ2n) is 1.62. The number of halogens is 1. The minimum absolute atomic E-state index is 0. The molecule has 0 radical (unpaired) electrons. The van der Waals surface area contributed by atoms with Crippen molar-refractivity contribution in [3.05, 3.63) is 0 Å². The van der Waals surface area contributed by atoms with Gasteiger partial charge in [-0.2, -0.15) is 0 Å². The van der Waals surface area contributed by atoms with Crippen LogP contribution in [0.4, 0.5) is 0 Å². The number of rotatable bonds is 0. The Kier molecular flexibility index (Phi) is 4.14. The Labute approximate surface area is 56.6 Å². The van der Waals surface area contributed by atoms with E-state index in [1.54, 1.807) is 0 Å². The summed E-state index contributed by atoms with van der Waals surface area (Å²) >= 11 is 0.916. The third-order valence-corrected chi connectivity index (χ3v) is 3.46. The summed E-state index contributed by atoms with van der Waals surface area (Å²) in [5, 5.41) is 2.75. The van der Waals surface area contributed by atoms with Gasteiger partial charge in [-0.15, -0.1) is 12.4 Å². The predicted octanol–water partition coefficient (Wildman–Crippen LogP) is 0.680. The van der Waals surface area contributed by atoms with Gasteiger partial charge in [0.1, 0.15) is 0 Å². The van der Waals surface area contributed by atoms with E-state index in [1.165, 1.54) is 17.1 Å². The maximum atomic E-state index is 5.55. The second kappa shape index (κ2) is 3.73. The topological polar surface area (TPSA) is 26.0 Å². The van der Waals surface area contributed by atoms with Crippen LogP contribution in [0.15, 0.2) is 0 Å². The zero-order valence-electron chi connectivity index (χ0n) is 4.09.